The minimum Gasteiger partial charge on any atom is -0.507 e. The van der Waals surface area contributed by atoms with Crippen LogP contribution in [-0.2, 0) is 27.1 Å². The number of hydrogen-bond acceptors (Lipinski definition) is 2. The smallest absolute Gasteiger partial charge is 0.411 e. The predicted octanol–water partition coefficient (Wildman–Crippen LogP) is 11.3. The van der Waals surface area contributed by atoms with Crippen molar-refractivity contribution in [2.24, 2.45) is 0 Å². The second-order valence-corrected chi connectivity index (χ2v) is 14.5. The minimum absolute atomic E-state index is 0.0314. The largest absolute Gasteiger partial charge is 0.507 e. The molecule has 2 aromatic rings. The molecule has 0 aliphatic carbocycles. The molecule has 0 heterocycles. The van der Waals surface area contributed by atoms with Gasteiger partial charge in [-0.3, -0.25) is 0 Å². The molecule has 2 N–H and O–H groups in total. The van der Waals surface area contributed by atoms with E-state index in [0.29, 0.717) is 25.7 Å². The van der Waals surface area contributed by atoms with Gasteiger partial charge in [0, 0.05) is 22.3 Å². The van der Waals surface area contributed by atoms with Crippen molar-refractivity contribution in [3.8, 4) is 11.5 Å². The van der Waals surface area contributed by atoms with Crippen LogP contribution in [0.4, 0.5) is 26.3 Å². The summed E-state index contributed by atoms with van der Waals surface area (Å²) in [6.07, 6.45) is -10.2. The zero-order chi connectivity index (χ0) is 33.8. The van der Waals surface area contributed by atoms with Crippen molar-refractivity contribution in [1.82, 2.24) is 0 Å². The average Bonchev–Trinajstić information content (AvgIpc) is 2.88. The number of aromatic hydroxyl groups is 2. The van der Waals surface area contributed by atoms with Gasteiger partial charge in [-0.2, -0.15) is 26.3 Å². The maximum atomic E-state index is 15.6. The van der Waals surface area contributed by atoms with E-state index in [1.165, 1.54) is 0 Å². The van der Waals surface area contributed by atoms with Crippen LogP contribution in [-0.4, -0.2) is 22.6 Å². The number of phenols is 2. The first-order chi connectivity index (χ1) is 19.2. The van der Waals surface area contributed by atoms with Gasteiger partial charge in [0.1, 0.15) is 11.5 Å². The van der Waals surface area contributed by atoms with Gasteiger partial charge in [-0.25, -0.2) is 0 Å². The quantitative estimate of drug-likeness (QED) is 0.261. The van der Waals surface area contributed by atoms with Crippen molar-refractivity contribution in [1.29, 1.82) is 0 Å². The highest BCUT2D eigenvalue weighted by molar-refractivity contribution is 5.59. The Morgan fingerprint density at radius 1 is 0.442 bits per heavy atom. The Hall–Kier alpha value is -2.38. The van der Waals surface area contributed by atoms with Crippen LogP contribution in [0.25, 0.3) is 0 Å². The second-order valence-electron chi connectivity index (χ2n) is 14.5. The third kappa shape index (κ3) is 6.13. The maximum absolute atomic E-state index is 15.6. The first kappa shape index (κ1) is 36.8. The van der Waals surface area contributed by atoms with Crippen molar-refractivity contribution >= 4 is 0 Å². The van der Waals surface area contributed by atoms with Crippen molar-refractivity contribution < 1.29 is 36.6 Å². The molecule has 244 valence electrons. The Morgan fingerprint density at radius 2 is 0.628 bits per heavy atom. The molecule has 0 saturated carbocycles. The third-order valence-electron chi connectivity index (χ3n) is 10.4. The summed E-state index contributed by atoms with van der Waals surface area (Å²) in [5.41, 5.74) is -10.0. The van der Waals surface area contributed by atoms with Crippen molar-refractivity contribution in [3.63, 3.8) is 0 Å². The lowest BCUT2D eigenvalue weighted by molar-refractivity contribution is -0.288. The summed E-state index contributed by atoms with van der Waals surface area (Å²) < 4.78 is 93.8. The van der Waals surface area contributed by atoms with E-state index in [0.717, 1.165) is 24.3 Å². The van der Waals surface area contributed by atoms with Gasteiger partial charge in [0.15, 0.2) is 0 Å². The third-order valence-corrected chi connectivity index (χ3v) is 10.4. The van der Waals surface area contributed by atoms with E-state index in [-0.39, 0.29) is 33.8 Å². The molecule has 0 aromatic heterocycles. The Labute approximate surface area is 253 Å². The number of phenolic OH excluding ortho intramolecular Hbond substituents is 2. The zero-order valence-corrected chi connectivity index (χ0v) is 27.8. The maximum Gasteiger partial charge on any atom is 0.411 e. The summed E-state index contributed by atoms with van der Waals surface area (Å²) >= 11 is 0. The van der Waals surface area contributed by atoms with Crippen LogP contribution in [0.3, 0.4) is 0 Å². The Kier molecular flexibility index (Phi) is 9.86. The highest BCUT2D eigenvalue weighted by Crippen LogP contribution is 2.59. The van der Waals surface area contributed by atoms with Gasteiger partial charge in [0.2, 0.25) is 5.41 Å². The molecule has 0 atom stereocenters. The van der Waals surface area contributed by atoms with E-state index in [4.69, 9.17) is 0 Å². The SMILES string of the molecule is CCC(C)(C)c1cc(C(c2cc(C(C)(C)CC)c(O)c(C(C)(C)CC)c2)(C(F)(F)F)C(F)(F)F)cc(C(C)(C)CC)c1O. The van der Waals surface area contributed by atoms with Gasteiger partial charge in [0.05, 0.1) is 0 Å². The second kappa shape index (κ2) is 11.5. The van der Waals surface area contributed by atoms with Gasteiger partial charge in [-0.05, 0) is 82.7 Å². The van der Waals surface area contributed by atoms with Crippen molar-refractivity contribution in [2.45, 2.75) is 148 Å². The molecule has 0 aliphatic rings. The number of rotatable bonds is 10. The molecule has 0 fully saturated rings. The van der Waals surface area contributed by atoms with Crippen LogP contribution < -0.4 is 0 Å². The number of benzene rings is 2. The van der Waals surface area contributed by atoms with Crippen molar-refractivity contribution in [2.75, 3.05) is 0 Å². The van der Waals surface area contributed by atoms with Gasteiger partial charge >= 0.3 is 12.4 Å². The molecule has 0 bridgehead atoms. The first-order valence-electron chi connectivity index (χ1n) is 15.1. The fourth-order valence-corrected chi connectivity index (χ4v) is 5.51. The summed E-state index contributed by atoms with van der Waals surface area (Å²) in [6, 6.07) is 3.60. The Bertz CT molecular complexity index is 1140. The molecule has 0 amide bonds. The normalized spacial score (nSPS) is 14.4. The predicted molar refractivity (Wildman–Crippen MR) is 162 cm³/mol. The minimum atomic E-state index is -5.83. The Balaban J connectivity index is 3.45. The molecular formula is C35H50F6O2. The van der Waals surface area contributed by atoms with Crippen LogP contribution in [0, 0.1) is 0 Å². The van der Waals surface area contributed by atoms with Gasteiger partial charge in [-0.1, -0.05) is 83.1 Å². The van der Waals surface area contributed by atoms with E-state index in [1.54, 1.807) is 83.1 Å². The van der Waals surface area contributed by atoms with Gasteiger partial charge in [0.25, 0.3) is 0 Å². The lowest BCUT2D eigenvalue weighted by Crippen LogP contribution is -2.55. The first-order valence-corrected chi connectivity index (χ1v) is 15.1. The molecule has 0 spiro atoms. The number of hydrogen-bond donors (Lipinski definition) is 2. The Morgan fingerprint density at radius 3 is 0.767 bits per heavy atom. The van der Waals surface area contributed by atoms with Crippen LogP contribution >= 0.6 is 0 Å². The van der Waals surface area contributed by atoms with Gasteiger partial charge < -0.3 is 10.2 Å². The summed E-state index contributed by atoms with van der Waals surface area (Å²) in [4.78, 5) is 0. The monoisotopic (exact) mass is 616 g/mol. The van der Waals surface area contributed by atoms with Gasteiger partial charge in [-0.15, -0.1) is 0 Å². The molecule has 0 aliphatic heterocycles. The standard InChI is InChI=1S/C35H50F6O2/c1-13-29(5,6)23-17-21(18-24(27(23)42)30(7,8)14-2)33(34(36,37)38,35(39,40)41)22-19-25(31(9,10)15-3)28(43)26(20-22)32(11,12)16-4/h17-20,42-43H,13-16H2,1-12H3. The summed E-state index contributed by atoms with van der Waals surface area (Å²) in [5, 5.41) is 22.8. The fraction of sp³-hybridized carbons (Fsp3) is 0.657. The van der Waals surface area contributed by atoms with E-state index in [1.807, 2.05) is 0 Å². The highest BCUT2D eigenvalue weighted by Gasteiger charge is 2.73. The van der Waals surface area contributed by atoms with Crippen molar-refractivity contribution in [3.05, 3.63) is 57.6 Å². The molecule has 2 nitrogen and oxygen atoms in total. The molecule has 2 aromatic carbocycles. The molecule has 0 radical (unpaired) electrons. The number of alkyl halides is 6. The van der Waals surface area contributed by atoms with Crippen LogP contribution in [0.5, 0.6) is 11.5 Å². The van der Waals surface area contributed by atoms with E-state index < -0.39 is 50.6 Å². The molecular weight excluding hydrogens is 566 g/mol. The molecule has 0 saturated heterocycles. The highest BCUT2D eigenvalue weighted by atomic mass is 19.4. The average molecular weight is 617 g/mol. The molecule has 0 unspecified atom stereocenters. The molecule has 43 heavy (non-hydrogen) atoms. The van der Waals surface area contributed by atoms with E-state index in [2.05, 4.69) is 0 Å². The van der Waals surface area contributed by atoms with Crippen LogP contribution in [0.15, 0.2) is 24.3 Å². The summed E-state index contributed by atoms with van der Waals surface area (Å²) in [5.74, 6) is -0.570. The zero-order valence-electron chi connectivity index (χ0n) is 27.8. The molecule has 2 rings (SSSR count). The summed E-state index contributed by atoms with van der Waals surface area (Å²) in [6.45, 7) is 20.7. The van der Waals surface area contributed by atoms with Crippen LogP contribution in [0.2, 0.25) is 0 Å². The van der Waals surface area contributed by atoms with Crippen LogP contribution in [0.1, 0.15) is 142 Å². The van der Waals surface area contributed by atoms with E-state index >= 15 is 26.3 Å². The molecule has 8 heteroatoms. The topological polar surface area (TPSA) is 40.5 Å². The number of halogens is 6. The fourth-order valence-electron chi connectivity index (χ4n) is 5.51. The van der Waals surface area contributed by atoms with E-state index in [9.17, 15) is 10.2 Å². The summed E-state index contributed by atoms with van der Waals surface area (Å²) in [7, 11) is 0. The lowest BCUT2D eigenvalue weighted by atomic mass is 9.65. The lowest BCUT2D eigenvalue weighted by Gasteiger charge is -2.42.